The van der Waals surface area contributed by atoms with E-state index in [0.29, 0.717) is 12.3 Å². The summed E-state index contributed by atoms with van der Waals surface area (Å²) in [6, 6.07) is 31.7. The molecule has 286 valence electrons. The van der Waals surface area contributed by atoms with Crippen LogP contribution in [0.3, 0.4) is 0 Å². The Bertz CT molecular complexity index is 2190. The van der Waals surface area contributed by atoms with Crippen LogP contribution >= 0.6 is 0 Å². The second kappa shape index (κ2) is 17.7. The summed E-state index contributed by atoms with van der Waals surface area (Å²) >= 11 is 0. The van der Waals surface area contributed by atoms with Gasteiger partial charge in [0.05, 0.1) is 13.7 Å². The zero-order valence-corrected chi connectivity index (χ0v) is 31.8. The van der Waals surface area contributed by atoms with Gasteiger partial charge >= 0.3 is 5.97 Å². The molecule has 2 aliphatic heterocycles. The van der Waals surface area contributed by atoms with Crippen molar-refractivity contribution < 1.29 is 24.2 Å². The van der Waals surface area contributed by atoms with E-state index in [4.69, 9.17) is 14.6 Å². The van der Waals surface area contributed by atoms with Gasteiger partial charge in [-0.3, -0.25) is 4.79 Å². The number of carbonyl (C=O) groups excluding carboxylic acids is 1. The third-order valence-electron chi connectivity index (χ3n) is 10.8. The van der Waals surface area contributed by atoms with E-state index < -0.39 is 5.97 Å². The van der Waals surface area contributed by atoms with Gasteiger partial charge in [-0.2, -0.15) is 0 Å². The Morgan fingerprint density at radius 3 is 1.78 bits per heavy atom. The first kappa shape index (κ1) is 37.7. The zero-order chi connectivity index (χ0) is 38.1. The fraction of sp³-hybridized carbons (Fsp3) is 0.333. The normalized spacial score (nSPS) is 15.4. The topological polar surface area (TPSA) is 123 Å². The maximum atomic E-state index is 13.1. The van der Waals surface area contributed by atoms with E-state index in [1.165, 1.54) is 38.9 Å². The van der Waals surface area contributed by atoms with Gasteiger partial charge in [0, 0.05) is 54.0 Å². The number of methoxy groups -OCH3 is 1. The summed E-state index contributed by atoms with van der Waals surface area (Å²) in [5.74, 6) is 0.698. The molecule has 0 spiro atoms. The molecule has 0 aliphatic carbocycles. The van der Waals surface area contributed by atoms with E-state index in [0.717, 1.165) is 88.0 Å². The lowest BCUT2D eigenvalue weighted by atomic mass is 10.0. The number of aromatic carboxylic acids is 1. The second-order valence-corrected chi connectivity index (χ2v) is 14.4. The van der Waals surface area contributed by atoms with E-state index in [9.17, 15) is 9.59 Å². The Labute approximate surface area is 322 Å². The van der Waals surface area contributed by atoms with Crippen molar-refractivity contribution >= 4 is 33.7 Å². The summed E-state index contributed by atoms with van der Waals surface area (Å²) in [4.78, 5) is 35.5. The number of H-pyrrole nitrogens is 2. The molecule has 2 saturated heterocycles. The molecule has 4 heterocycles. The fourth-order valence-corrected chi connectivity index (χ4v) is 7.75. The summed E-state index contributed by atoms with van der Waals surface area (Å²) in [7, 11) is 1.63. The first-order valence-electron chi connectivity index (χ1n) is 19.5. The molecule has 2 aromatic heterocycles. The van der Waals surface area contributed by atoms with Crippen LogP contribution < -0.4 is 14.8 Å². The lowest BCUT2D eigenvalue weighted by molar-refractivity contribution is 0.0691. The number of nitrogens with zero attached hydrogens (tertiary/aromatic N) is 2. The van der Waals surface area contributed by atoms with Gasteiger partial charge in [-0.15, -0.1) is 0 Å². The van der Waals surface area contributed by atoms with Gasteiger partial charge in [0.25, 0.3) is 5.91 Å². The smallest absolute Gasteiger partial charge is 0.352 e. The molecular weight excluding hydrogens is 691 g/mol. The number of carboxylic acids is 1. The highest BCUT2D eigenvalue weighted by Crippen LogP contribution is 2.32. The van der Waals surface area contributed by atoms with Crippen LogP contribution in [-0.2, 0) is 0 Å². The monoisotopic (exact) mass is 741 g/mol. The number of carboxylic acid groups (broad SMARTS) is 1. The predicted molar refractivity (Wildman–Crippen MR) is 219 cm³/mol. The predicted octanol–water partition coefficient (Wildman–Crippen LogP) is 8.46. The fourth-order valence-electron chi connectivity index (χ4n) is 7.75. The Morgan fingerprint density at radius 2 is 1.24 bits per heavy atom. The zero-order valence-electron chi connectivity index (χ0n) is 31.8. The molecule has 4 N–H and O–H groups in total. The van der Waals surface area contributed by atoms with E-state index >= 15 is 0 Å². The maximum Gasteiger partial charge on any atom is 0.352 e. The Kier molecular flexibility index (Phi) is 12.1. The van der Waals surface area contributed by atoms with Gasteiger partial charge in [-0.25, -0.2) is 4.79 Å². The molecule has 0 atom stereocenters. The molecule has 6 aromatic rings. The number of hydrogen-bond donors (Lipinski definition) is 4. The number of aromatic nitrogens is 2. The van der Waals surface area contributed by atoms with Gasteiger partial charge in [-0.05, 0) is 116 Å². The average molecular weight is 742 g/mol. The first-order chi connectivity index (χ1) is 26.9. The van der Waals surface area contributed by atoms with Gasteiger partial charge in [0.15, 0.2) is 0 Å². The minimum Gasteiger partial charge on any atom is -0.497 e. The van der Waals surface area contributed by atoms with E-state index in [-0.39, 0.29) is 17.6 Å². The lowest BCUT2D eigenvalue weighted by Gasteiger charge is -2.34. The van der Waals surface area contributed by atoms with Crippen LogP contribution in [0.25, 0.3) is 44.1 Å². The molecular formula is C45H51N5O5. The number of piperidine rings is 2. The standard InChI is InChI=1S/C29H38N4O2.C16H13NO3/c1-2-35-24-11-9-22(10-12-24)25-7-6-8-27-26(25)21-28(31-27)29(34)30-23-13-17-33(18-14-23)20-19-32-15-4-3-5-16-32;1-20-11-7-5-10(6-8-11)12-3-2-4-14-13(12)9-15(17-14)16(18)19/h6-12,21,23,31H,2-5,13-20H2,1H3,(H,30,34);2-9,17H,1H3,(H,18,19). The molecule has 10 nitrogen and oxygen atoms in total. The molecule has 0 radical (unpaired) electrons. The number of nitrogens with one attached hydrogen (secondary N) is 3. The highest BCUT2D eigenvalue weighted by atomic mass is 16.5. The number of likely N-dealkylation sites (tertiary alicyclic amines) is 2. The Hall–Kier alpha value is -5.58. The summed E-state index contributed by atoms with van der Waals surface area (Å²) in [6.45, 7) is 9.62. The van der Waals surface area contributed by atoms with Crippen LogP contribution in [0.1, 0.15) is 60.0 Å². The number of fused-ring (bicyclic) bond motifs is 2. The quantitative estimate of drug-likeness (QED) is 0.105. The summed E-state index contributed by atoms with van der Waals surface area (Å²) in [6.07, 6.45) is 6.13. The van der Waals surface area contributed by atoms with Crippen molar-refractivity contribution in [1.29, 1.82) is 0 Å². The number of rotatable bonds is 11. The number of benzene rings is 4. The largest absolute Gasteiger partial charge is 0.497 e. The molecule has 4 aromatic carbocycles. The van der Waals surface area contributed by atoms with Crippen molar-refractivity contribution in [3.8, 4) is 33.8 Å². The summed E-state index contributed by atoms with van der Waals surface area (Å²) in [5, 5.41) is 14.3. The Balaban J connectivity index is 0.000000197. The summed E-state index contributed by atoms with van der Waals surface area (Å²) in [5.41, 5.74) is 6.86. The van der Waals surface area contributed by atoms with Gasteiger partial charge in [0.1, 0.15) is 22.9 Å². The van der Waals surface area contributed by atoms with Crippen LogP contribution in [0.4, 0.5) is 0 Å². The summed E-state index contributed by atoms with van der Waals surface area (Å²) < 4.78 is 10.7. The van der Waals surface area contributed by atoms with Crippen LogP contribution in [-0.4, -0.2) is 95.8 Å². The number of amides is 1. The molecule has 55 heavy (non-hydrogen) atoms. The molecule has 8 rings (SSSR count). The highest BCUT2D eigenvalue weighted by Gasteiger charge is 2.23. The molecule has 10 heteroatoms. The number of hydrogen-bond acceptors (Lipinski definition) is 6. The van der Waals surface area contributed by atoms with Crippen molar-refractivity contribution in [2.45, 2.75) is 45.1 Å². The van der Waals surface area contributed by atoms with Gasteiger partial charge in [0.2, 0.25) is 0 Å². The molecule has 0 saturated carbocycles. The second-order valence-electron chi connectivity index (χ2n) is 14.4. The van der Waals surface area contributed by atoms with E-state index in [1.807, 2.05) is 79.7 Å². The minimum atomic E-state index is -0.957. The van der Waals surface area contributed by atoms with Crippen molar-refractivity contribution in [3.05, 3.63) is 108 Å². The van der Waals surface area contributed by atoms with Crippen LogP contribution in [0, 0.1) is 0 Å². The molecule has 2 aliphatic rings. The van der Waals surface area contributed by atoms with E-state index in [1.54, 1.807) is 13.2 Å². The number of aromatic amines is 2. The van der Waals surface area contributed by atoms with Gasteiger partial charge < -0.3 is 39.7 Å². The molecule has 2 fully saturated rings. The van der Waals surface area contributed by atoms with E-state index in [2.05, 4.69) is 43.3 Å². The van der Waals surface area contributed by atoms with Crippen molar-refractivity contribution in [1.82, 2.24) is 25.1 Å². The van der Waals surface area contributed by atoms with Crippen LogP contribution in [0.2, 0.25) is 0 Å². The van der Waals surface area contributed by atoms with Crippen molar-refractivity contribution in [3.63, 3.8) is 0 Å². The van der Waals surface area contributed by atoms with Gasteiger partial charge in [-0.1, -0.05) is 55.0 Å². The highest BCUT2D eigenvalue weighted by molar-refractivity contribution is 6.03. The molecule has 1 amide bonds. The Morgan fingerprint density at radius 1 is 0.709 bits per heavy atom. The minimum absolute atomic E-state index is 0.00869. The van der Waals surface area contributed by atoms with Crippen molar-refractivity contribution in [2.24, 2.45) is 0 Å². The lowest BCUT2D eigenvalue weighted by Crippen LogP contribution is -2.46. The SMILES string of the molecule is CCOc1ccc(-c2cccc3[nH]c(C(=O)NC4CCN(CCN5CCCCC5)CC4)cc23)cc1.COc1ccc(-c2cccc3[nH]c(C(=O)O)cc23)cc1. The maximum absolute atomic E-state index is 13.1. The molecule has 0 bridgehead atoms. The average Bonchev–Trinajstić information content (AvgIpc) is 3.88. The number of ether oxygens (including phenoxy) is 2. The first-order valence-corrected chi connectivity index (χ1v) is 19.5. The van der Waals surface area contributed by atoms with Crippen molar-refractivity contribution in [2.75, 3.05) is 53.0 Å². The van der Waals surface area contributed by atoms with Crippen LogP contribution in [0.15, 0.2) is 97.1 Å². The third-order valence-corrected chi connectivity index (χ3v) is 10.8. The molecule has 0 unspecified atom stereocenters. The van der Waals surface area contributed by atoms with Crippen LogP contribution in [0.5, 0.6) is 11.5 Å². The third kappa shape index (κ3) is 9.21. The number of carbonyl (C=O) groups is 2.